The van der Waals surface area contributed by atoms with Gasteiger partial charge >= 0.3 is 6.18 Å². The summed E-state index contributed by atoms with van der Waals surface area (Å²) in [5.41, 5.74) is -0.944. The molecule has 0 saturated carbocycles. The highest BCUT2D eigenvalue weighted by Gasteiger charge is 2.42. The number of hydrogen-bond acceptors (Lipinski definition) is 7. The van der Waals surface area contributed by atoms with Crippen LogP contribution in [-0.4, -0.2) is 42.5 Å². The minimum Gasteiger partial charge on any atom is -0.497 e. The number of ether oxygens (including phenoxy) is 3. The fraction of sp³-hybridized carbons (Fsp3) is 0.231. The monoisotopic (exact) mass is 545 g/mol. The number of fused-ring (bicyclic) bond motifs is 1. The molecule has 1 aliphatic heterocycles. The second kappa shape index (κ2) is 10.9. The maximum Gasteiger partial charge on any atom is 0.419 e. The first-order valence-corrected chi connectivity index (χ1v) is 11.4. The maximum absolute atomic E-state index is 13.8. The Labute approximate surface area is 220 Å². The van der Waals surface area contributed by atoms with Gasteiger partial charge in [0, 0.05) is 35.0 Å². The van der Waals surface area contributed by atoms with Crippen molar-refractivity contribution in [3.8, 4) is 17.2 Å². The van der Waals surface area contributed by atoms with Gasteiger partial charge in [-0.1, -0.05) is 12.1 Å². The summed E-state index contributed by atoms with van der Waals surface area (Å²) in [6.07, 6.45) is -4.82. The number of nitrogens with zero attached hydrogens (tertiary/aromatic N) is 2. The van der Waals surface area contributed by atoms with Gasteiger partial charge in [-0.3, -0.25) is 19.7 Å². The van der Waals surface area contributed by atoms with Gasteiger partial charge in [-0.2, -0.15) is 13.2 Å². The highest BCUT2D eigenvalue weighted by Crippen LogP contribution is 2.43. The molecule has 1 N–H and O–H groups in total. The average molecular weight is 545 g/mol. The third kappa shape index (κ3) is 5.71. The van der Waals surface area contributed by atoms with E-state index >= 15 is 0 Å². The van der Waals surface area contributed by atoms with Crippen LogP contribution in [0, 0.1) is 10.1 Å². The SMILES string of the molecule is COc1ccc(CN2C(=O)COc3c(cccc3C(F)(F)F)C2C(=O)Nc2ccc([N+](=O)[O-])cc2)c(OC)c1. The van der Waals surface area contributed by atoms with E-state index in [1.54, 1.807) is 18.2 Å². The van der Waals surface area contributed by atoms with Crippen molar-refractivity contribution < 1.29 is 41.9 Å². The first-order chi connectivity index (χ1) is 18.5. The lowest BCUT2D eigenvalue weighted by atomic mass is 9.99. The van der Waals surface area contributed by atoms with Crippen molar-refractivity contribution in [2.45, 2.75) is 18.8 Å². The van der Waals surface area contributed by atoms with Crippen LogP contribution in [-0.2, 0) is 22.3 Å². The van der Waals surface area contributed by atoms with Crippen LogP contribution in [0.1, 0.15) is 22.7 Å². The highest BCUT2D eigenvalue weighted by molar-refractivity contribution is 5.99. The Bertz CT molecular complexity index is 1410. The summed E-state index contributed by atoms with van der Waals surface area (Å²) in [4.78, 5) is 38.3. The van der Waals surface area contributed by atoms with Crippen molar-refractivity contribution in [3.05, 3.63) is 87.5 Å². The van der Waals surface area contributed by atoms with Crippen molar-refractivity contribution in [1.29, 1.82) is 0 Å². The van der Waals surface area contributed by atoms with Gasteiger partial charge < -0.3 is 24.4 Å². The predicted molar refractivity (Wildman–Crippen MR) is 132 cm³/mol. The second-order valence-corrected chi connectivity index (χ2v) is 8.41. The number of non-ortho nitro benzene ring substituents is 1. The van der Waals surface area contributed by atoms with Gasteiger partial charge in [0.05, 0.1) is 31.3 Å². The number of carbonyl (C=O) groups excluding carboxylic acids is 2. The maximum atomic E-state index is 13.8. The molecule has 0 radical (unpaired) electrons. The number of carbonyl (C=O) groups is 2. The molecule has 0 aliphatic carbocycles. The Kier molecular flexibility index (Phi) is 7.61. The molecular formula is C26H22F3N3O7. The standard InChI is InChI=1S/C26H22F3N3O7/c1-37-18-11-6-15(21(12-18)38-2)13-31-22(33)14-39-24-19(4-3-5-20(24)26(27,28)29)23(31)25(34)30-16-7-9-17(10-8-16)32(35)36/h3-12,23H,13-14H2,1-2H3,(H,30,34). The summed E-state index contributed by atoms with van der Waals surface area (Å²) in [5, 5.41) is 13.5. The molecule has 0 spiro atoms. The zero-order valence-corrected chi connectivity index (χ0v) is 20.7. The molecule has 0 saturated heterocycles. The number of hydrogen-bond donors (Lipinski definition) is 1. The minimum atomic E-state index is -4.82. The van der Waals surface area contributed by atoms with Gasteiger partial charge in [0.2, 0.25) is 0 Å². The van der Waals surface area contributed by atoms with E-state index in [1.807, 2.05) is 0 Å². The van der Waals surface area contributed by atoms with Crippen molar-refractivity contribution in [3.63, 3.8) is 0 Å². The third-order valence-electron chi connectivity index (χ3n) is 6.05. The summed E-state index contributed by atoms with van der Waals surface area (Å²) in [6.45, 7) is -0.969. The number of nitro groups is 1. The Morgan fingerprint density at radius 1 is 1.13 bits per heavy atom. The predicted octanol–water partition coefficient (Wildman–Crippen LogP) is 4.73. The molecule has 0 fully saturated rings. The minimum absolute atomic E-state index is 0.138. The van der Waals surface area contributed by atoms with Gasteiger partial charge in [-0.25, -0.2) is 0 Å². The molecule has 1 heterocycles. The molecule has 2 amide bonds. The summed E-state index contributed by atoms with van der Waals surface area (Å²) >= 11 is 0. The Morgan fingerprint density at radius 2 is 1.85 bits per heavy atom. The summed E-state index contributed by atoms with van der Waals surface area (Å²) in [7, 11) is 2.85. The molecule has 1 atom stereocenters. The molecule has 3 aromatic rings. The number of para-hydroxylation sites is 1. The molecule has 0 aromatic heterocycles. The average Bonchev–Trinajstić information content (AvgIpc) is 3.04. The number of methoxy groups -OCH3 is 2. The van der Waals surface area contributed by atoms with Crippen molar-refractivity contribution in [1.82, 2.24) is 4.90 Å². The number of alkyl halides is 3. The Balaban J connectivity index is 1.81. The van der Waals surface area contributed by atoms with Crippen LogP contribution in [0.25, 0.3) is 0 Å². The highest BCUT2D eigenvalue weighted by atomic mass is 19.4. The van der Waals surface area contributed by atoms with Gasteiger partial charge in [0.15, 0.2) is 6.61 Å². The fourth-order valence-electron chi connectivity index (χ4n) is 4.19. The van der Waals surface area contributed by atoms with Gasteiger partial charge in [-0.15, -0.1) is 0 Å². The van der Waals surface area contributed by atoms with E-state index in [0.717, 1.165) is 29.2 Å². The molecule has 3 aromatic carbocycles. The molecule has 204 valence electrons. The van der Waals surface area contributed by atoms with E-state index < -0.39 is 46.9 Å². The normalized spacial score (nSPS) is 15.1. The van der Waals surface area contributed by atoms with E-state index in [9.17, 15) is 32.9 Å². The lowest BCUT2D eigenvalue weighted by Crippen LogP contribution is -2.41. The lowest BCUT2D eigenvalue weighted by Gasteiger charge is -2.30. The lowest BCUT2D eigenvalue weighted by molar-refractivity contribution is -0.384. The van der Waals surface area contributed by atoms with Crippen molar-refractivity contribution in [2.75, 3.05) is 26.1 Å². The number of amides is 2. The van der Waals surface area contributed by atoms with Crippen molar-refractivity contribution in [2.24, 2.45) is 0 Å². The van der Waals surface area contributed by atoms with Gasteiger partial charge in [-0.05, 0) is 30.3 Å². The van der Waals surface area contributed by atoms with Crippen molar-refractivity contribution >= 4 is 23.2 Å². The second-order valence-electron chi connectivity index (χ2n) is 8.41. The quantitative estimate of drug-likeness (QED) is 0.337. The van der Waals surface area contributed by atoms with Crippen LogP contribution in [0.3, 0.4) is 0 Å². The zero-order chi connectivity index (χ0) is 28.3. The number of nitro benzene ring substituents is 1. The summed E-state index contributed by atoms with van der Waals surface area (Å²) in [5.74, 6) is -1.44. The van der Waals surface area contributed by atoms with E-state index in [0.29, 0.717) is 17.1 Å². The van der Waals surface area contributed by atoms with Gasteiger partial charge in [0.25, 0.3) is 17.5 Å². The molecule has 4 rings (SSSR count). The van der Waals surface area contributed by atoms with Crippen LogP contribution < -0.4 is 19.5 Å². The zero-order valence-electron chi connectivity index (χ0n) is 20.7. The fourth-order valence-corrected chi connectivity index (χ4v) is 4.19. The topological polar surface area (TPSA) is 120 Å². The van der Waals surface area contributed by atoms with E-state index in [2.05, 4.69) is 5.32 Å². The number of benzene rings is 3. The summed E-state index contributed by atoms with van der Waals surface area (Å²) in [6, 6.07) is 11.3. The van der Waals surface area contributed by atoms with Crippen LogP contribution in [0.2, 0.25) is 0 Å². The molecule has 0 bridgehead atoms. The molecule has 10 nitrogen and oxygen atoms in total. The van der Waals surface area contributed by atoms with E-state index in [1.165, 1.54) is 32.4 Å². The van der Waals surface area contributed by atoms with Gasteiger partial charge in [0.1, 0.15) is 23.3 Å². The first kappa shape index (κ1) is 27.2. The molecular weight excluding hydrogens is 523 g/mol. The Morgan fingerprint density at radius 3 is 2.46 bits per heavy atom. The number of halogens is 3. The molecule has 13 heteroatoms. The Hall–Kier alpha value is -4.81. The number of rotatable bonds is 7. The van der Waals surface area contributed by atoms with E-state index in [-0.39, 0.29) is 23.5 Å². The third-order valence-corrected chi connectivity index (χ3v) is 6.05. The van der Waals surface area contributed by atoms with Crippen LogP contribution in [0.15, 0.2) is 60.7 Å². The molecule has 39 heavy (non-hydrogen) atoms. The first-order valence-electron chi connectivity index (χ1n) is 11.4. The summed E-state index contributed by atoms with van der Waals surface area (Å²) < 4.78 is 57.4. The number of nitrogens with one attached hydrogen (secondary N) is 1. The molecule has 1 aliphatic rings. The van der Waals surface area contributed by atoms with Crippen LogP contribution in [0.5, 0.6) is 17.2 Å². The number of anilines is 1. The van der Waals surface area contributed by atoms with Crippen LogP contribution in [0.4, 0.5) is 24.5 Å². The smallest absolute Gasteiger partial charge is 0.419 e. The molecule has 1 unspecified atom stereocenters. The van der Waals surface area contributed by atoms with E-state index in [4.69, 9.17) is 14.2 Å². The van der Waals surface area contributed by atoms with Crippen LogP contribution >= 0.6 is 0 Å². The largest absolute Gasteiger partial charge is 0.497 e.